The number of ether oxygens (including phenoxy) is 3. The molecule has 2 saturated heterocycles. The highest BCUT2D eigenvalue weighted by Crippen LogP contribution is 2.36. The predicted octanol–water partition coefficient (Wildman–Crippen LogP) is 6.63. The van der Waals surface area contributed by atoms with E-state index in [1.807, 2.05) is 24.8 Å². The summed E-state index contributed by atoms with van der Waals surface area (Å²) in [6, 6.07) is 16.7. The number of H-pyrrole nitrogens is 2. The van der Waals surface area contributed by atoms with Gasteiger partial charge in [-0.2, -0.15) is 0 Å². The quantitative estimate of drug-likeness (QED) is 0.108. The van der Waals surface area contributed by atoms with Gasteiger partial charge in [-0.15, -0.1) is 0 Å². The lowest BCUT2D eigenvalue weighted by Crippen LogP contribution is -2.54. The third-order valence-electron chi connectivity index (χ3n) is 11.8. The molecule has 5 aromatic rings. The molecule has 2 aliphatic rings. The molecule has 2 aromatic heterocycles. The number of likely N-dealkylation sites (tertiary alicyclic amines) is 2. The number of hydrogen-bond donors (Lipinski definition) is 4. The summed E-state index contributed by atoms with van der Waals surface area (Å²) in [7, 11) is 4.06. The summed E-state index contributed by atoms with van der Waals surface area (Å²) in [6.07, 6.45) is 3.83. The summed E-state index contributed by atoms with van der Waals surface area (Å²) in [5, 5.41) is 7.52. The molecule has 4 heterocycles. The number of fused-ring (bicyclic) bond motifs is 2. The largest absolute Gasteiger partial charge is 0.453 e. The van der Waals surface area contributed by atoms with Crippen LogP contribution in [0, 0.1) is 5.92 Å². The van der Waals surface area contributed by atoms with E-state index in [4.69, 9.17) is 24.2 Å². The molecule has 3 aromatic carbocycles. The van der Waals surface area contributed by atoms with Crippen molar-refractivity contribution in [1.29, 1.82) is 0 Å². The van der Waals surface area contributed by atoms with Crippen LogP contribution in [-0.4, -0.2) is 106 Å². The summed E-state index contributed by atoms with van der Waals surface area (Å²) in [6.45, 7) is 6.83. The molecule has 15 nitrogen and oxygen atoms in total. The Morgan fingerprint density at radius 3 is 1.97 bits per heavy atom. The monoisotopic (exact) mass is 792 g/mol. The summed E-state index contributed by atoms with van der Waals surface area (Å²) in [4.78, 5) is 71.8. The molecular weight excluding hydrogens is 741 g/mol. The van der Waals surface area contributed by atoms with Crippen LogP contribution in [0.15, 0.2) is 60.8 Å². The number of carbonyl (C=O) groups excluding carboxylic acids is 4. The Labute approximate surface area is 337 Å². The van der Waals surface area contributed by atoms with Gasteiger partial charge in [0.05, 0.1) is 55.3 Å². The van der Waals surface area contributed by atoms with Gasteiger partial charge in [0.25, 0.3) is 0 Å². The second-order valence-corrected chi connectivity index (χ2v) is 15.2. The van der Waals surface area contributed by atoms with E-state index >= 15 is 0 Å². The number of rotatable bonds is 12. The van der Waals surface area contributed by atoms with Gasteiger partial charge in [-0.3, -0.25) is 9.59 Å². The number of amides is 4. The van der Waals surface area contributed by atoms with Crippen molar-refractivity contribution in [3.05, 3.63) is 72.4 Å². The lowest BCUT2D eigenvalue weighted by atomic mass is 9.97. The molecule has 306 valence electrons. The van der Waals surface area contributed by atoms with Gasteiger partial charge in [0.1, 0.15) is 23.7 Å². The van der Waals surface area contributed by atoms with Crippen LogP contribution in [0.5, 0.6) is 0 Å². The average Bonchev–Trinajstić information content (AvgIpc) is 4.09. The fourth-order valence-corrected chi connectivity index (χ4v) is 8.17. The van der Waals surface area contributed by atoms with E-state index in [0.29, 0.717) is 18.9 Å². The molecule has 2 fully saturated rings. The molecule has 15 heteroatoms. The number of benzene rings is 3. The van der Waals surface area contributed by atoms with E-state index in [-0.39, 0.29) is 29.8 Å². The number of hydrogen-bond acceptors (Lipinski definition) is 9. The molecule has 0 spiro atoms. The van der Waals surface area contributed by atoms with E-state index in [1.165, 1.54) is 21.3 Å². The molecule has 58 heavy (non-hydrogen) atoms. The van der Waals surface area contributed by atoms with Crippen LogP contribution in [0.3, 0.4) is 0 Å². The standard InChI is InChI=1S/C43H52N8O7/c1-7-24(2)36(48-42(54)57-5)40(52)51-19-9-11-35(51)39-45-31-17-16-29(22-32(31)46-39)27-12-13-28-21-30(15-14-26(28)20-27)33-23-44-38(47-33)34-10-8-18-50(34)41(53)37(25(3)56-4)49-43(55)58-6/h12-17,20-25,34-37H,7-11,18-19H2,1-6H3,(H,44,47)(H,45,46)(H,48,54)(H,49,55). The van der Waals surface area contributed by atoms with Crippen molar-refractivity contribution in [2.75, 3.05) is 34.4 Å². The van der Waals surface area contributed by atoms with Gasteiger partial charge < -0.3 is 44.6 Å². The van der Waals surface area contributed by atoms with Crippen LogP contribution in [0.1, 0.15) is 76.6 Å². The lowest BCUT2D eigenvalue weighted by Gasteiger charge is -2.30. The maximum Gasteiger partial charge on any atom is 0.407 e. The molecule has 0 bridgehead atoms. The zero-order chi connectivity index (χ0) is 41.1. The summed E-state index contributed by atoms with van der Waals surface area (Å²) < 4.78 is 15.0. The molecule has 4 amide bonds. The second-order valence-electron chi connectivity index (χ2n) is 15.2. The fraction of sp³-hybridized carbons (Fsp3) is 0.442. The summed E-state index contributed by atoms with van der Waals surface area (Å²) in [5.74, 6) is 0.991. The van der Waals surface area contributed by atoms with E-state index < -0.39 is 30.4 Å². The fourth-order valence-electron chi connectivity index (χ4n) is 8.17. The van der Waals surface area contributed by atoms with Gasteiger partial charge in [-0.05, 0) is 84.7 Å². The maximum absolute atomic E-state index is 13.8. The van der Waals surface area contributed by atoms with E-state index in [1.54, 1.807) is 18.0 Å². The average molecular weight is 793 g/mol. The number of nitrogens with zero attached hydrogens (tertiary/aromatic N) is 4. The summed E-state index contributed by atoms with van der Waals surface area (Å²) >= 11 is 0. The molecule has 7 rings (SSSR count). The first kappa shape index (κ1) is 40.2. The zero-order valence-corrected chi connectivity index (χ0v) is 33.8. The highest BCUT2D eigenvalue weighted by molar-refractivity contribution is 5.92. The Balaban J connectivity index is 1.07. The Morgan fingerprint density at radius 2 is 1.33 bits per heavy atom. The van der Waals surface area contributed by atoms with E-state index in [9.17, 15) is 19.2 Å². The van der Waals surface area contributed by atoms with Crippen molar-refractivity contribution in [2.45, 2.75) is 83.1 Å². The van der Waals surface area contributed by atoms with Gasteiger partial charge in [-0.25, -0.2) is 19.6 Å². The number of alkyl carbamates (subject to hydrolysis) is 2. The molecule has 0 radical (unpaired) electrons. The number of methoxy groups -OCH3 is 3. The number of aromatic amines is 2. The van der Waals surface area contributed by atoms with Gasteiger partial charge in [-0.1, -0.05) is 50.6 Å². The van der Waals surface area contributed by atoms with Gasteiger partial charge in [0.2, 0.25) is 11.8 Å². The molecule has 4 N–H and O–H groups in total. The number of carbonyl (C=O) groups is 4. The predicted molar refractivity (Wildman–Crippen MR) is 219 cm³/mol. The minimum Gasteiger partial charge on any atom is -0.453 e. The highest BCUT2D eigenvalue weighted by Gasteiger charge is 2.40. The zero-order valence-electron chi connectivity index (χ0n) is 33.8. The van der Waals surface area contributed by atoms with Crippen LogP contribution >= 0.6 is 0 Å². The minimum atomic E-state index is -0.900. The summed E-state index contributed by atoms with van der Waals surface area (Å²) in [5.41, 5.74) is 5.60. The third kappa shape index (κ3) is 8.08. The van der Waals surface area contributed by atoms with Crippen molar-refractivity contribution in [2.24, 2.45) is 5.92 Å². The van der Waals surface area contributed by atoms with Gasteiger partial charge in [0.15, 0.2) is 0 Å². The second kappa shape index (κ2) is 17.3. The third-order valence-corrected chi connectivity index (χ3v) is 11.8. The van der Waals surface area contributed by atoms with E-state index in [0.717, 1.165) is 82.1 Å². The van der Waals surface area contributed by atoms with Gasteiger partial charge >= 0.3 is 12.2 Å². The smallest absolute Gasteiger partial charge is 0.407 e. The molecule has 6 unspecified atom stereocenters. The molecule has 0 aliphatic carbocycles. The Hall–Kier alpha value is -5.96. The van der Waals surface area contributed by atoms with Crippen LogP contribution in [0.2, 0.25) is 0 Å². The lowest BCUT2D eigenvalue weighted by molar-refractivity contribution is -0.137. The Morgan fingerprint density at radius 1 is 0.759 bits per heavy atom. The normalized spacial score (nSPS) is 18.9. The SMILES string of the molecule is CCC(C)C(NC(=O)OC)C(=O)N1CCCC1c1nc2ccc(-c3ccc4cc(-c5cnc(C6CCCN6C(=O)C(NC(=O)OC)C(C)OC)[nH]5)ccc4c3)cc2[nH]1. The Kier molecular flexibility index (Phi) is 12.0. The first-order valence-corrected chi connectivity index (χ1v) is 19.9. The Bertz CT molecular complexity index is 2300. The maximum atomic E-state index is 13.8. The van der Waals surface area contributed by atoms with Crippen molar-refractivity contribution < 1.29 is 33.4 Å². The van der Waals surface area contributed by atoms with Crippen molar-refractivity contribution in [3.63, 3.8) is 0 Å². The van der Waals surface area contributed by atoms with Crippen LogP contribution < -0.4 is 10.6 Å². The number of imidazole rings is 2. The van der Waals surface area contributed by atoms with Crippen molar-refractivity contribution in [3.8, 4) is 22.4 Å². The first-order chi connectivity index (χ1) is 28.0. The van der Waals surface area contributed by atoms with Crippen LogP contribution in [-0.2, 0) is 23.8 Å². The van der Waals surface area contributed by atoms with Crippen molar-refractivity contribution in [1.82, 2.24) is 40.4 Å². The molecule has 6 atom stereocenters. The number of nitrogens with one attached hydrogen (secondary N) is 4. The van der Waals surface area contributed by atoms with Gasteiger partial charge in [0, 0.05) is 25.8 Å². The van der Waals surface area contributed by atoms with Crippen LogP contribution in [0.25, 0.3) is 44.2 Å². The molecule has 0 saturated carbocycles. The molecule has 2 aliphatic heterocycles. The minimum absolute atomic E-state index is 0.0613. The molecular formula is C43H52N8O7. The highest BCUT2D eigenvalue weighted by atomic mass is 16.5. The van der Waals surface area contributed by atoms with Crippen LogP contribution in [0.4, 0.5) is 9.59 Å². The number of aromatic nitrogens is 4. The topological polar surface area (TPSA) is 184 Å². The first-order valence-electron chi connectivity index (χ1n) is 19.9. The van der Waals surface area contributed by atoms with Crippen molar-refractivity contribution >= 4 is 45.8 Å². The van der Waals surface area contributed by atoms with E-state index in [2.05, 4.69) is 69.1 Å².